The number of nitrogens with one attached hydrogen (secondary N) is 1. The van der Waals surface area contributed by atoms with Gasteiger partial charge in [0.05, 0.1) is 12.6 Å². The predicted molar refractivity (Wildman–Crippen MR) is 93.8 cm³/mol. The summed E-state index contributed by atoms with van der Waals surface area (Å²) in [7, 11) is 0. The molecule has 1 saturated heterocycles. The lowest BCUT2D eigenvalue weighted by molar-refractivity contribution is 0.101. The molecule has 1 unspecified atom stereocenters. The van der Waals surface area contributed by atoms with E-state index in [9.17, 15) is 14.7 Å². The molecule has 0 saturated carbocycles. The molecule has 25 heavy (non-hydrogen) atoms. The fraction of sp³-hybridized carbons (Fsp3) is 0.368. The summed E-state index contributed by atoms with van der Waals surface area (Å²) in [6.45, 7) is 2.59. The second-order valence-electron chi connectivity index (χ2n) is 6.13. The number of nitrogens with zero attached hydrogens (tertiary/aromatic N) is 1. The van der Waals surface area contributed by atoms with E-state index in [0.29, 0.717) is 23.6 Å². The molecule has 3 rings (SSSR count). The average Bonchev–Trinajstić information content (AvgIpc) is 3.30. The van der Waals surface area contributed by atoms with Crippen molar-refractivity contribution in [3.63, 3.8) is 0 Å². The molecule has 1 aromatic heterocycles. The van der Waals surface area contributed by atoms with Gasteiger partial charge in [-0.1, -0.05) is 6.92 Å². The Morgan fingerprint density at radius 2 is 2.00 bits per heavy atom. The summed E-state index contributed by atoms with van der Waals surface area (Å²) in [6.07, 6.45) is 2.46. The zero-order chi connectivity index (χ0) is 17.8. The zero-order valence-corrected chi connectivity index (χ0v) is 14.2. The van der Waals surface area contributed by atoms with E-state index in [4.69, 9.17) is 4.42 Å². The van der Waals surface area contributed by atoms with E-state index in [1.165, 1.54) is 0 Å². The molecule has 2 amide bonds. The highest BCUT2D eigenvalue weighted by Crippen LogP contribution is 2.20. The first-order valence-corrected chi connectivity index (χ1v) is 8.54. The fourth-order valence-electron chi connectivity index (χ4n) is 3.03. The number of rotatable bonds is 5. The number of hydrogen-bond acceptors (Lipinski definition) is 4. The van der Waals surface area contributed by atoms with Gasteiger partial charge in [0.2, 0.25) is 5.78 Å². The minimum Gasteiger partial charge on any atom is -0.458 e. The quantitative estimate of drug-likeness (QED) is 0.818. The van der Waals surface area contributed by atoms with Crippen LogP contribution in [0.4, 0.5) is 10.5 Å². The number of carbonyl (C=O) groups is 2. The number of furan rings is 1. The standard InChI is InChI=1S/C19H22N2O4/c1-2-16-9-10-17(25-16)18(23)13-5-7-14(8-6-13)20-19(24)21-11-3-4-15(21)12-22/h5-10,15,22H,2-4,11-12H2,1H3,(H,20,24). The lowest BCUT2D eigenvalue weighted by atomic mass is 10.1. The smallest absolute Gasteiger partial charge is 0.322 e. The Bertz CT molecular complexity index is 751. The Morgan fingerprint density at radius 3 is 2.64 bits per heavy atom. The van der Waals surface area contributed by atoms with E-state index in [-0.39, 0.29) is 24.5 Å². The van der Waals surface area contributed by atoms with E-state index in [0.717, 1.165) is 25.0 Å². The Labute approximate surface area is 146 Å². The molecule has 132 valence electrons. The highest BCUT2D eigenvalue weighted by atomic mass is 16.3. The van der Waals surface area contributed by atoms with Crippen LogP contribution in [0.15, 0.2) is 40.8 Å². The van der Waals surface area contributed by atoms with Gasteiger partial charge in [-0.15, -0.1) is 0 Å². The topological polar surface area (TPSA) is 82.8 Å². The minimum atomic E-state index is -0.228. The maximum atomic E-state index is 12.4. The molecular weight excluding hydrogens is 320 g/mol. The van der Waals surface area contributed by atoms with Gasteiger partial charge in [-0.05, 0) is 49.2 Å². The Hall–Kier alpha value is -2.60. The van der Waals surface area contributed by atoms with Gasteiger partial charge in [-0.2, -0.15) is 0 Å². The van der Waals surface area contributed by atoms with Gasteiger partial charge in [0, 0.05) is 24.2 Å². The summed E-state index contributed by atoms with van der Waals surface area (Å²) in [4.78, 5) is 26.3. The predicted octanol–water partition coefficient (Wildman–Crippen LogP) is 3.06. The fourth-order valence-corrected chi connectivity index (χ4v) is 3.03. The van der Waals surface area contributed by atoms with Gasteiger partial charge in [0.25, 0.3) is 0 Å². The molecule has 0 bridgehead atoms. The number of aliphatic hydroxyl groups is 1. The van der Waals surface area contributed by atoms with E-state index in [1.54, 1.807) is 41.3 Å². The minimum absolute atomic E-state index is 0.0241. The molecule has 6 nitrogen and oxygen atoms in total. The van der Waals surface area contributed by atoms with Gasteiger partial charge in [0.1, 0.15) is 5.76 Å². The molecule has 1 atom stereocenters. The maximum Gasteiger partial charge on any atom is 0.322 e. The molecule has 1 aliphatic rings. The summed E-state index contributed by atoms with van der Waals surface area (Å²) in [5.41, 5.74) is 1.11. The number of ketones is 1. The maximum absolute atomic E-state index is 12.4. The van der Waals surface area contributed by atoms with Gasteiger partial charge in [-0.25, -0.2) is 4.79 Å². The second kappa shape index (κ2) is 7.53. The summed E-state index contributed by atoms with van der Waals surface area (Å²) in [5.74, 6) is 0.908. The largest absolute Gasteiger partial charge is 0.458 e. The van der Waals surface area contributed by atoms with Crippen molar-refractivity contribution in [2.45, 2.75) is 32.2 Å². The zero-order valence-electron chi connectivity index (χ0n) is 14.2. The van der Waals surface area contributed by atoms with Gasteiger partial charge in [-0.3, -0.25) is 4.79 Å². The summed E-state index contributed by atoms with van der Waals surface area (Å²) in [5, 5.41) is 12.1. The van der Waals surface area contributed by atoms with Crippen molar-refractivity contribution < 1.29 is 19.1 Å². The van der Waals surface area contributed by atoms with Crippen molar-refractivity contribution in [1.82, 2.24) is 4.90 Å². The third-order valence-corrected chi connectivity index (χ3v) is 4.48. The van der Waals surface area contributed by atoms with Crippen LogP contribution in [0.2, 0.25) is 0 Å². The number of anilines is 1. The third kappa shape index (κ3) is 3.74. The normalized spacial score (nSPS) is 16.9. The number of likely N-dealkylation sites (tertiary alicyclic amines) is 1. The summed E-state index contributed by atoms with van der Waals surface area (Å²) in [6, 6.07) is 9.85. The van der Waals surface area contributed by atoms with Crippen molar-refractivity contribution in [2.75, 3.05) is 18.5 Å². The van der Waals surface area contributed by atoms with Crippen LogP contribution >= 0.6 is 0 Å². The molecule has 2 N–H and O–H groups in total. The number of benzene rings is 1. The first-order chi connectivity index (χ1) is 12.1. The van der Waals surface area contributed by atoms with Gasteiger partial charge in [0.15, 0.2) is 5.76 Å². The number of amides is 2. The molecular formula is C19H22N2O4. The number of hydrogen-bond donors (Lipinski definition) is 2. The lowest BCUT2D eigenvalue weighted by Crippen LogP contribution is -2.40. The molecule has 1 fully saturated rings. The number of aliphatic hydroxyl groups excluding tert-OH is 1. The second-order valence-corrected chi connectivity index (χ2v) is 6.13. The van der Waals surface area contributed by atoms with Crippen molar-refractivity contribution >= 4 is 17.5 Å². The molecule has 0 spiro atoms. The Balaban J connectivity index is 1.65. The van der Waals surface area contributed by atoms with Crippen LogP contribution in [0, 0.1) is 0 Å². The summed E-state index contributed by atoms with van der Waals surface area (Å²) >= 11 is 0. The molecule has 2 heterocycles. The highest BCUT2D eigenvalue weighted by Gasteiger charge is 2.28. The first-order valence-electron chi connectivity index (χ1n) is 8.54. The SMILES string of the molecule is CCc1ccc(C(=O)c2ccc(NC(=O)N3CCCC3CO)cc2)o1. The van der Waals surface area contributed by atoms with Gasteiger partial charge < -0.3 is 19.7 Å². The van der Waals surface area contributed by atoms with Crippen LogP contribution in [0.25, 0.3) is 0 Å². The third-order valence-electron chi connectivity index (χ3n) is 4.48. The van der Waals surface area contributed by atoms with Gasteiger partial charge >= 0.3 is 6.03 Å². The lowest BCUT2D eigenvalue weighted by Gasteiger charge is -2.23. The van der Waals surface area contributed by atoms with Crippen molar-refractivity contribution in [3.05, 3.63) is 53.5 Å². The Morgan fingerprint density at radius 1 is 1.24 bits per heavy atom. The van der Waals surface area contributed by atoms with Crippen molar-refractivity contribution in [3.8, 4) is 0 Å². The highest BCUT2D eigenvalue weighted by molar-refractivity contribution is 6.07. The van der Waals surface area contributed by atoms with Crippen LogP contribution in [0.5, 0.6) is 0 Å². The number of carbonyl (C=O) groups excluding carboxylic acids is 2. The van der Waals surface area contributed by atoms with Crippen LogP contribution < -0.4 is 5.32 Å². The van der Waals surface area contributed by atoms with Crippen LogP contribution in [-0.2, 0) is 6.42 Å². The van der Waals surface area contributed by atoms with Crippen molar-refractivity contribution in [1.29, 1.82) is 0 Å². The molecule has 0 aliphatic carbocycles. The average molecular weight is 342 g/mol. The molecule has 1 aromatic carbocycles. The molecule has 2 aromatic rings. The van der Waals surface area contributed by atoms with E-state index >= 15 is 0 Å². The number of urea groups is 1. The first kappa shape index (κ1) is 17.2. The molecule has 6 heteroatoms. The van der Waals surface area contributed by atoms with Crippen LogP contribution in [0.1, 0.15) is 41.6 Å². The van der Waals surface area contributed by atoms with Crippen LogP contribution in [0.3, 0.4) is 0 Å². The monoisotopic (exact) mass is 342 g/mol. The van der Waals surface area contributed by atoms with E-state index < -0.39 is 0 Å². The summed E-state index contributed by atoms with van der Waals surface area (Å²) < 4.78 is 5.49. The van der Waals surface area contributed by atoms with Crippen molar-refractivity contribution in [2.24, 2.45) is 0 Å². The molecule has 0 radical (unpaired) electrons. The number of aryl methyl sites for hydroxylation is 1. The van der Waals surface area contributed by atoms with E-state index in [2.05, 4.69) is 5.32 Å². The van der Waals surface area contributed by atoms with Crippen LogP contribution in [-0.4, -0.2) is 41.0 Å². The molecule has 1 aliphatic heterocycles. The Kier molecular flexibility index (Phi) is 5.19. The van der Waals surface area contributed by atoms with E-state index in [1.807, 2.05) is 6.92 Å².